The number of carbonyl (C=O) groups is 1. The Hall–Kier alpha value is -2.28. The highest BCUT2D eigenvalue weighted by atomic mass is 19.1. The van der Waals surface area contributed by atoms with Gasteiger partial charge in [0, 0.05) is 31.8 Å². The number of amides is 1. The van der Waals surface area contributed by atoms with Crippen LogP contribution in [-0.2, 0) is 11.2 Å². The Morgan fingerprint density at radius 2 is 2.21 bits per heavy atom. The lowest BCUT2D eigenvalue weighted by molar-refractivity contribution is -0.130. The Kier molecular flexibility index (Phi) is 3.80. The van der Waals surface area contributed by atoms with Gasteiger partial charge in [0.2, 0.25) is 17.6 Å². The molecular formula is C17H18FN3O3. The van der Waals surface area contributed by atoms with Crippen molar-refractivity contribution in [1.82, 2.24) is 15.0 Å². The number of carbonyl (C=O) groups excluding carboxylic acids is 1. The number of hydrogen-bond acceptors (Lipinski definition) is 5. The number of aliphatic hydroxyl groups excluding tert-OH is 1. The minimum atomic E-state index is -0.410. The molecule has 24 heavy (non-hydrogen) atoms. The van der Waals surface area contributed by atoms with E-state index in [0.29, 0.717) is 24.8 Å². The Labute approximate surface area is 138 Å². The van der Waals surface area contributed by atoms with Crippen LogP contribution in [0.15, 0.2) is 28.8 Å². The Morgan fingerprint density at radius 3 is 2.96 bits per heavy atom. The maximum Gasteiger partial charge on any atom is 0.227 e. The first kappa shape index (κ1) is 15.3. The van der Waals surface area contributed by atoms with E-state index in [2.05, 4.69) is 10.1 Å². The number of aliphatic hydroxyl groups is 1. The summed E-state index contributed by atoms with van der Waals surface area (Å²) in [6.45, 7) is 1.36. The van der Waals surface area contributed by atoms with Crippen molar-refractivity contribution in [2.45, 2.75) is 25.4 Å². The number of nitrogens with zero attached hydrogens (tertiary/aromatic N) is 3. The summed E-state index contributed by atoms with van der Waals surface area (Å²) >= 11 is 0. The summed E-state index contributed by atoms with van der Waals surface area (Å²) in [7, 11) is 0. The van der Waals surface area contributed by atoms with E-state index in [1.165, 1.54) is 6.07 Å². The molecule has 2 fully saturated rings. The number of rotatable bonds is 4. The fourth-order valence-electron chi connectivity index (χ4n) is 3.55. The monoisotopic (exact) mass is 331 g/mol. The molecule has 0 unspecified atom stereocenters. The van der Waals surface area contributed by atoms with Crippen LogP contribution in [0.4, 0.5) is 4.39 Å². The molecule has 3 atom stereocenters. The largest absolute Gasteiger partial charge is 0.393 e. The first-order valence-corrected chi connectivity index (χ1v) is 8.15. The number of likely N-dealkylation sites (tertiary alicyclic amines) is 1. The van der Waals surface area contributed by atoms with E-state index in [4.69, 9.17) is 4.52 Å². The van der Waals surface area contributed by atoms with Crippen LogP contribution in [0, 0.1) is 17.7 Å². The summed E-state index contributed by atoms with van der Waals surface area (Å²) in [6, 6.07) is 6.22. The molecule has 2 aromatic rings. The van der Waals surface area contributed by atoms with Crippen LogP contribution in [0.3, 0.4) is 0 Å². The van der Waals surface area contributed by atoms with Crippen molar-refractivity contribution in [3.8, 4) is 11.4 Å². The van der Waals surface area contributed by atoms with Crippen LogP contribution in [-0.4, -0.2) is 45.2 Å². The number of aryl methyl sites for hydroxylation is 1. The van der Waals surface area contributed by atoms with E-state index in [1.807, 2.05) is 0 Å². The van der Waals surface area contributed by atoms with Gasteiger partial charge in [0.05, 0.1) is 11.7 Å². The zero-order chi connectivity index (χ0) is 16.7. The van der Waals surface area contributed by atoms with Gasteiger partial charge >= 0.3 is 0 Å². The summed E-state index contributed by atoms with van der Waals surface area (Å²) in [5, 5.41) is 13.4. The van der Waals surface area contributed by atoms with Gasteiger partial charge in [0.1, 0.15) is 5.82 Å². The van der Waals surface area contributed by atoms with Gasteiger partial charge in [-0.2, -0.15) is 4.98 Å². The van der Waals surface area contributed by atoms with E-state index in [-0.39, 0.29) is 35.7 Å². The van der Waals surface area contributed by atoms with Gasteiger partial charge in [0.15, 0.2) is 0 Å². The second kappa shape index (κ2) is 5.98. The molecule has 0 radical (unpaired) electrons. The Balaban J connectivity index is 1.35. The SMILES string of the molecule is O=C(CCc1nc(-c2ccccc2F)no1)N1C[C@H]2C[C@@H](O)[C@H]2C1. The minimum Gasteiger partial charge on any atom is -0.393 e. The van der Waals surface area contributed by atoms with Gasteiger partial charge in [-0.05, 0) is 24.5 Å². The van der Waals surface area contributed by atoms with Gasteiger partial charge in [-0.3, -0.25) is 4.79 Å². The molecule has 1 aliphatic heterocycles. The van der Waals surface area contributed by atoms with Crippen LogP contribution in [0.25, 0.3) is 11.4 Å². The molecule has 4 rings (SSSR count). The summed E-state index contributed by atoms with van der Waals surface area (Å²) in [6.07, 6.45) is 1.14. The molecule has 1 aliphatic carbocycles. The molecule has 126 valence electrons. The molecule has 0 bridgehead atoms. The van der Waals surface area contributed by atoms with Gasteiger partial charge < -0.3 is 14.5 Å². The number of fused-ring (bicyclic) bond motifs is 1. The molecule has 1 aromatic carbocycles. The third kappa shape index (κ3) is 2.69. The number of hydrogen-bond donors (Lipinski definition) is 1. The minimum absolute atomic E-state index is 0.0299. The Morgan fingerprint density at radius 1 is 1.38 bits per heavy atom. The highest BCUT2D eigenvalue weighted by molar-refractivity contribution is 5.76. The lowest BCUT2D eigenvalue weighted by Gasteiger charge is -2.34. The predicted octanol–water partition coefficient (Wildman–Crippen LogP) is 1.65. The van der Waals surface area contributed by atoms with Gasteiger partial charge in [-0.25, -0.2) is 4.39 Å². The zero-order valence-corrected chi connectivity index (χ0v) is 13.1. The molecular weight excluding hydrogens is 313 g/mol. The fourth-order valence-corrected chi connectivity index (χ4v) is 3.55. The summed E-state index contributed by atoms with van der Waals surface area (Å²) in [5.74, 6) is 0.820. The van der Waals surface area contributed by atoms with E-state index in [9.17, 15) is 14.3 Å². The molecule has 2 heterocycles. The van der Waals surface area contributed by atoms with E-state index >= 15 is 0 Å². The molecule has 1 N–H and O–H groups in total. The highest BCUT2D eigenvalue weighted by Gasteiger charge is 2.47. The topological polar surface area (TPSA) is 79.5 Å². The average Bonchev–Trinajstić information content (AvgIpc) is 3.17. The lowest BCUT2D eigenvalue weighted by Crippen LogP contribution is -2.39. The standard InChI is InChI=1S/C17H18FN3O3/c18-13-4-2-1-3-11(13)17-19-15(24-20-17)5-6-16(23)21-8-10-7-14(22)12(10)9-21/h1-4,10,12,14,22H,5-9H2/t10-,12+,14-/m1/s1. The summed E-state index contributed by atoms with van der Waals surface area (Å²) < 4.78 is 18.8. The van der Waals surface area contributed by atoms with Gasteiger partial charge in [-0.1, -0.05) is 17.3 Å². The van der Waals surface area contributed by atoms with E-state index in [1.54, 1.807) is 23.1 Å². The molecule has 1 aromatic heterocycles. The molecule has 1 amide bonds. The van der Waals surface area contributed by atoms with Gasteiger partial charge in [-0.15, -0.1) is 0 Å². The summed E-state index contributed by atoms with van der Waals surface area (Å²) in [5.41, 5.74) is 0.281. The molecule has 6 nitrogen and oxygen atoms in total. The van der Waals surface area contributed by atoms with Crippen LogP contribution < -0.4 is 0 Å². The van der Waals surface area contributed by atoms with Crippen LogP contribution in [0.2, 0.25) is 0 Å². The van der Waals surface area contributed by atoms with Crippen LogP contribution in [0.1, 0.15) is 18.7 Å². The van der Waals surface area contributed by atoms with E-state index < -0.39 is 5.82 Å². The molecule has 2 aliphatic rings. The maximum absolute atomic E-state index is 13.7. The smallest absolute Gasteiger partial charge is 0.227 e. The van der Waals surface area contributed by atoms with Crippen molar-refractivity contribution in [2.75, 3.05) is 13.1 Å². The lowest BCUT2D eigenvalue weighted by atomic mass is 9.74. The van der Waals surface area contributed by atoms with Crippen molar-refractivity contribution < 1.29 is 18.8 Å². The molecule has 0 spiro atoms. The second-order valence-corrected chi connectivity index (χ2v) is 6.52. The molecule has 1 saturated heterocycles. The normalized spacial score (nSPS) is 25.4. The molecule has 7 heteroatoms. The summed E-state index contributed by atoms with van der Waals surface area (Å²) in [4.78, 5) is 18.2. The maximum atomic E-state index is 13.7. The van der Waals surface area contributed by atoms with Crippen molar-refractivity contribution in [1.29, 1.82) is 0 Å². The first-order chi connectivity index (χ1) is 11.6. The Bertz CT molecular complexity index is 763. The zero-order valence-electron chi connectivity index (χ0n) is 13.1. The highest BCUT2D eigenvalue weighted by Crippen LogP contribution is 2.40. The van der Waals surface area contributed by atoms with Crippen molar-refractivity contribution in [3.05, 3.63) is 36.0 Å². The number of halogens is 1. The number of aromatic nitrogens is 2. The second-order valence-electron chi connectivity index (χ2n) is 6.52. The van der Waals surface area contributed by atoms with Crippen LogP contribution in [0.5, 0.6) is 0 Å². The van der Waals surface area contributed by atoms with E-state index in [0.717, 1.165) is 13.0 Å². The number of benzene rings is 1. The van der Waals surface area contributed by atoms with Crippen molar-refractivity contribution >= 4 is 5.91 Å². The fraction of sp³-hybridized carbons (Fsp3) is 0.471. The average molecular weight is 331 g/mol. The third-order valence-corrected chi connectivity index (χ3v) is 5.02. The van der Waals surface area contributed by atoms with Crippen molar-refractivity contribution in [2.24, 2.45) is 11.8 Å². The first-order valence-electron chi connectivity index (χ1n) is 8.15. The van der Waals surface area contributed by atoms with Crippen molar-refractivity contribution in [3.63, 3.8) is 0 Å². The van der Waals surface area contributed by atoms with Gasteiger partial charge in [0.25, 0.3) is 0 Å². The predicted molar refractivity (Wildman–Crippen MR) is 82.2 cm³/mol. The quantitative estimate of drug-likeness (QED) is 0.921. The molecule has 1 saturated carbocycles. The third-order valence-electron chi connectivity index (χ3n) is 5.02. The van der Waals surface area contributed by atoms with Crippen LogP contribution >= 0.6 is 0 Å².